The van der Waals surface area contributed by atoms with Crippen LogP contribution in [0.1, 0.15) is 49.8 Å². The van der Waals surface area contributed by atoms with E-state index in [-0.39, 0.29) is 11.3 Å². The number of carbonyl (C=O) groups is 2. The van der Waals surface area contributed by atoms with Crippen molar-refractivity contribution < 1.29 is 19.1 Å². The molecule has 1 N–H and O–H groups in total. The van der Waals surface area contributed by atoms with Crippen LogP contribution in [0.3, 0.4) is 0 Å². The van der Waals surface area contributed by atoms with Crippen LogP contribution in [0.5, 0.6) is 0 Å². The molecule has 1 heterocycles. The lowest BCUT2D eigenvalue weighted by atomic mass is 9.95. The van der Waals surface area contributed by atoms with E-state index in [1.807, 2.05) is 0 Å². The summed E-state index contributed by atoms with van der Waals surface area (Å²) in [6, 6.07) is 13.7. The van der Waals surface area contributed by atoms with Gasteiger partial charge in [0.2, 0.25) is 0 Å². The number of carbonyl (C=O) groups excluding carboxylic acids is 2. The van der Waals surface area contributed by atoms with E-state index in [2.05, 4.69) is 6.92 Å². The fourth-order valence-electron chi connectivity index (χ4n) is 3.59. The molecule has 0 aromatic heterocycles. The highest BCUT2D eigenvalue weighted by Crippen LogP contribution is 2.39. The highest BCUT2D eigenvalue weighted by atomic mass is 19.1. The van der Waals surface area contributed by atoms with Gasteiger partial charge in [-0.1, -0.05) is 68.7 Å². The van der Waals surface area contributed by atoms with E-state index in [4.69, 9.17) is 0 Å². The van der Waals surface area contributed by atoms with Gasteiger partial charge in [-0.3, -0.25) is 9.59 Å². The molecule has 146 valence electrons. The smallest absolute Gasteiger partial charge is 0.295 e. The minimum absolute atomic E-state index is 0.0114. The quantitative estimate of drug-likeness (QED) is 0.323. The van der Waals surface area contributed by atoms with Crippen molar-refractivity contribution in [2.45, 2.75) is 38.6 Å². The van der Waals surface area contributed by atoms with Gasteiger partial charge in [-0.05, 0) is 24.1 Å². The number of benzene rings is 2. The zero-order valence-corrected chi connectivity index (χ0v) is 15.9. The number of unbranched alkanes of at least 4 members (excludes halogenated alkanes) is 3. The Morgan fingerprint density at radius 2 is 1.79 bits per heavy atom. The SMILES string of the molecule is CCCCCCN1C(=O)C(=O)/C(=C(/O)c2ccccc2)C1c1cccc(F)c1. The zero-order chi connectivity index (χ0) is 20.1. The van der Waals surface area contributed by atoms with E-state index >= 15 is 0 Å². The zero-order valence-electron chi connectivity index (χ0n) is 15.9. The van der Waals surface area contributed by atoms with Crippen molar-refractivity contribution in [3.8, 4) is 0 Å². The second-order valence-corrected chi connectivity index (χ2v) is 6.97. The van der Waals surface area contributed by atoms with E-state index in [0.717, 1.165) is 25.7 Å². The van der Waals surface area contributed by atoms with Crippen molar-refractivity contribution >= 4 is 17.4 Å². The fraction of sp³-hybridized carbons (Fsp3) is 0.304. The summed E-state index contributed by atoms with van der Waals surface area (Å²) in [6.45, 7) is 2.48. The van der Waals surface area contributed by atoms with Crippen LogP contribution in [0.4, 0.5) is 4.39 Å². The van der Waals surface area contributed by atoms with Crippen LogP contribution in [-0.4, -0.2) is 28.2 Å². The first kappa shape index (κ1) is 19.8. The molecule has 5 heteroatoms. The Hall–Kier alpha value is -2.95. The second kappa shape index (κ2) is 8.83. The van der Waals surface area contributed by atoms with Gasteiger partial charge in [0, 0.05) is 12.1 Å². The number of Topliss-reactive ketones (excluding diaryl/α,β-unsaturated/α-hetero) is 1. The Bertz CT molecular complexity index is 892. The molecule has 1 amide bonds. The Balaban J connectivity index is 2.06. The van der Waals surface area contributed by atoms with Gasteiger partial charge in [0.05, 0.1) is 11.6 Å². The van der Waals surface area contributed by atoms with Gasteiger partial charge >= 0.3 is 0 Å². The van der Waals surface area contributed by atoms with Gasteiger partial charge in [-0.25, -0.2) is 4.39 Å². The molecule has 1 aliphatic rings. The van der Waals surface area contributed by atoms with Gasteiger partial charge < -0.3 is 10.0 Å². The van der Waals surface area contributed by atoms with Crippen LogP contribution in [-0.2, 0) is 9.59 Å². The van der Waals surface area contributed by atoms with Gasteiger partial charge in [-0.2, -0.15) is 0 Å². The third-order valence-electron chi connectivity index (χ3n) is 5.00. The van der Waals surface area contributed by atoms with Crippen molar-refractivity contribution in [2.75, 3.05) is 6.54 Å². The monoisotopic (exact) mass is 381 g/mol. The van der Waals surface area contributed by atoms with Crippen LogP contribution in [0.25, 0.3) is 5.76 Å². The van der Waals surface area contributed by atoms with Crippen LogP contribution < -0.4 is 0 Å². The van der Waals surface area contributed by atoms with E-state index in [0.29, 0.717) is 17.7 Å². The summed E-state index contributed by atoms with van der Waals surface area (Å²) in [5.41, 5.74) is 0.942. The molecule has 1 aliphatic heterocycles. The summed E-state index contributed by atoms with van der Waals surface area (Å²) in [5.74, 6) is -2.06. The summed E-state index contributed by atoms with van der Waals surface area (Å²) in [5, 5.41) is 10.8. The molecule has 2 aromatic rings. The number of hydrogen-bond donors (Lipinski definition) is 1. The van der Waals surface area contributed by atoms with E-state index < -0.39 is 23.5 Å². The summed E-state index contributed by atoms with van der Waals surface area (Å²) >= 11 is 0. The molecule has 0 saturated carbocycles. The molecule has 1 atom stereocenters. The minimum Gasteiger partial charge on any atom is -0.507 e. The third-order valence-corrected chi connectivity index (χ3v) is 5.00. The van der Waals surface area contributed by atoms with Crippen LogP contribution in [0.2, 0.25) is 0 Å². The molecule has 0 bridgehead atoms. The maximum absolute atomic E-state index is 13.9. The lowest BCUT2D eigenvalue weighted by molar-refractivity contribution is -0.139. The number of aliphatic hydroxyl groups excluding tert-OH is 1. The molecule has 0 aliphatic carbocycles. The number of halogens is 1. The largest absolute Gasteiger partial charge is 0.507 e. The minimum atomic E-state index is -0.794. The average molecular weight is 381 g/mol. The van der Waals surface area contributed by atoms with Gasteiger partial charge in [0.15, 0.2) is 0 Å². The lowest BCUT2D eigenvalue weighted by Gasteiger charge is -2.25. The topological polar surface area (TPSA) is 57.6 Å². The first-order valence-corrected chi connectivity index (χ1v) is 9.64. The maximum atomic E-state index is 13.9. The second-order valence-electron chi connectivity index (χ2n) is 6.97. The number of hydrogen-bond acceptors (Lipinski definition) is 3. The summed E-state index contributed by atoms with van der Waals surface area (Å²) in [4.78, 5) is 27.0. The third kappa shape index (κ3) is 3.98. The fourth-order valence-corrected chi connectivity index (χ4v) is 3.59. The predicted molar refractivity (Wildman–Crippen MR) is 106 cm³/mol. The van der Waals surface area contributed by atoms with E-state index in [1.54, 1.807) is 42.5 Å². The normalized spacial score (nSPS) is 18.6. The molecule has 1 unspecified atom stereocenters. The van der Waals surface area contributed by atoms with E-state index in [9.17, 15) is 19.1 Å². The summed E-state index contributed by atoms with van der Waals surface area (Å²) < 4.78 is 13.9. The molecule has 0 radical (unpaired) electrons. The average Bonchev–Trinajstić information content (AvgIpc) is 2.96. The Morgan fingerprint density at radius 3 is 2.46 bits per heavy atom. The number of amides is 1. The van der Waals surface area contributed by atoms with Crippen molar-refractivity contribution in [1.82, 2.24) is 4.90 Å². The number of aliphatic hydroxyl groups is 1. The first-order valence-electron chi connectivity index (χ1n) is 9.64. The maximum Gasteiger partial charge on any atom is 0.295 e. The predicted octanol–water partition coefficient (Wildman–Crippen LogP) is 4.83. The highest BCUT2D eigenvalue weighted by molar-refractivity contribution is 6.46. The van der Waals surface area contributed by atoms with Crippen LogP contribution in [0.15, 0.2) is 60.2 Å². The molecule has 0 spiro atoms. The number of nitrogens with zero attached hydrogens (tertiary/aromatic N) is 1. The van der Waals surface area contributed by atoms with Crippen molar-refractivity contribution in [1.29, 1.82) is 0 Å². The highest BCUT2D eigenvalue weighted by Gasteiger charge is 2.45. The molecule has 1 fully saturated rings. The molecule has 3 rings (SSSR count). The Morgan fingerprint density at radius 1 is 1.04 bits per heavy atom. The van der Waals surface area contributed by atoms with Gasteiger partial charge in [-0.15, -0.1) is 0 Å². The molecule has 1 saturated heterocycles. The van der Waals surface area contributed by atoms with Crippen LogP contribution in [0, 0.1) is 5.82 Å². The lowest BCUT2D eigenvalue weighted by Crippen LogP contribution is -2.30. The Kier molecular flexibility index (Phi) is 6.24. The van der Waals surface area contributed by atoms with Crippen molar-refractivity contribution in [3.05, 3.63) is 77.1 Å². The molecule has 28 heavy (non-hydrogen) atoms. The van der Waals surface area contributed by atoms with E-state index in [1.165, 1.54) is 17.0 Å². The molecular formula is C23H24FNO3. The molecule has 2 aromatic carbocycles. The number of rotatable bonds is 7. The summed E-state index contributed by atoms with van der Waals surface area (Å²) in [7, 11) is 0. The summed E-state index contributed by atoms with van der Waals surface area (Å²) in [6.07, 6.45) is 3.78. The first-order chi connectivity index (χ1) is 13.5. The van der Waals surface area contributed by atoms with Crippen LogP contribution >= 0.6 is 0 Å². The molecule has 4 nitrogen and oxygen atoms in total. The Labute approximate surface area is 164 Å². The van der Waals surface area contributed by atoms with Crippen molar-refractivity contribution in [3.63, 3.8) is 0 Å². The number of ketones is 1. The van der Waals surface area contributed by atoms with Gasteiger partial charge in [0.1, 0.15) is 11.6 Å². The van der Waals surface area contributed by atoms with Crippen molar-refractivity contribution in [2.24, 2.45) is 0 Å². The standard InChI is InChI=1S/C23H24FNO3/c1-2-3-4-8-14-25-20(17-12-9-13-18(24)15-17)19(22(27)23(25)28)21(26)16-10-6-5-7-11-16/h5-7,9-13,15,20,26H,2-4,8,14H2,1H3/b21-19+. The molecular weight excluding hydrogens is 357 g/mol. The number of likely N-dealkylation sites (tertiary alicyclic amines) is 1. The van der Waals surface area contributed by atoms with Gasteiger partial charge in [0.25, 0.3) is 11.7 Å².